The number of nitrogens with one attached hydrogen (secondary N) is 1. The van der Waals surface area contributed by atoms with Crippen molar-refractivity contribution < 1.29 is 18.3 Å². The Labute approximate surface area is 79.7 Å². The van der Waals surface area contributed by atoms with Crippen molar-refractivity contribution in [2.75, 3.05) is 5.32 Å². The predicted molar refractivity (Wildman–Crippen MR) is 47.4 cm³/mol. The minimum atomic E-state index is -3.22. The van der Waals surface area contributed by atoms with E-state index < -0.39 is 6.11 Å². The molecule has 0 aromatic heterocycles. The molecule has 76 valence electrons. The molecule has 1 aromatic rings. The van der Waals surface area contributed by atoms with Crippen LogP contribution in [0.25, 0.3) is 0 Å². The van der Waals surface area contributed by atoms with E-state index in [0.717, 1.165) is 0 Å². The molecular weight excluding hydrogens is 192 g/mol. The Morgan fingerprint density at radius 3 is 2.79 bits per heavy atom. The van der Waals surface area contributed by atoms with Crippen LogP contribution < -0.4 is 10.1 Å². The zero-order valence-corrected chi connectivity index (χ0v) is 7.46. The van der Waals surface area contributed by atoms with Gasteiger partial charge in [-0.25, -0.2) is 0 Å². The van der Waals surface area contributed by atoms with Crippen LogP contribution in [0.3, 0.4) is 0 Å². The number of hydrogen-bond donors (Lipinski definition) is 1. The molecule has 0 saturated carbocycles. The Hall–Kier alpha value is -1.65. The topological polar surface area (TPSA) is 38.3 Å². The minimum absolute atomic E-state index is 0.00403. The molecule has 1 amide bonds. The van der Waals surface area contributed by atoms with Crippen LogP contribution in [0.4, 0.5) is 14.5 Å². The number of benzene rings is 1. The second-order valence-electron chi connectivity index (χ2n) is 2.70. The Morgan fingerprint density at radius 2 is 2.21 bits per heavy atom. The predicted octanol–water partition coefficient (Wildman–Crippen LogP) is 2.25. The monoisotopic (exact) mass is 201 g/mol. The van der Waals surface area contributed by atoms with Crippen molar-refractivity contribution >= 4 is 12.1 Å². The second kappa shape index (κ2) is 4.04. The van der Waals surface area contributed by atoms with Crippen LogP contribution in [0.15, 0.2) is 24.3 Å². The fourth-order valence-corrected chi connectivity index (χ4v) is 0.924. The number of ether oxygens (including phenoxy) is 1. The van der Waals surface area contributed by atoms with Gasteiger partial charge >= 0.3 is 6.11 Å². The van der Waals surface area contributed by atoms with Gasteiger partial charge in [0.1, 0.15) is 5.75 Å². The maximum atomic E-state index is 12.4. The molecule has 0 atom stereocenters. The standard InChI is InChI=1S/C9H9F2NO2/c1-9(10,11)14-8-4-2-3-7(5-8)12-6-13/h2-6H,1H3,(H,12,13). The van der Waals surface area contributed by atoms with E-state index in [0.29, 0.717) is 19.0 Å². The van der Waals surface area contributed by atoms with Gasteiger partial charge in [-0.1, -0.05) is 6.07 Å². The van der Waals surface area contributed by atoms with Gasteiger partial charge in [-0.05, 0) is 12.1 Å². The molecule has 0 unspecified atom stereocenters. The second-order valence-corrected chi connectivity index (χ2v) is 2.70. The number of carbonyl (C=O) groups excluding carboxylic acids is 1. The lowest BCUT2D eigenvalue weighted by Crippen LogP contribution is -2.19. The molecule has 3 nitrogen and oxygen atoms in total. The SMILES string of the molecule is CC(F)(F)Oc1cccc(NC=O)c1. The maximum absolute atomic E-state index is 12.4. The normalized spacial score (nSPS) is 10.8. The van der Waals surface area contributed by atoms with Crippen LogP contribution in [0.2, 0.25) is 0 Å². The lowest BCUT2D eigenvalue weighted by molar-refractivity contribution is -0.158. The Bertz CT molecular complexity index is 323. The third-order valence-corrected chi connectivity index (χ3v) is 1.36. The summed E-state index contributed by atoms with van der Waals surface area (Å²) < 4.78 is 29.1. The third-order valence-electron chi connectivity index (χ3n) is 1.36. The van der Waals surface area contributed by atoms with Gasteiger partial charge in [0, 0.05) is 18.7 Å². The summed E-state index contributed by atoms with van der Waals surface area (Å²) in [5, 5.41) is 2.33. The maximum Gasteiger partial charge on any atom is 0.394 e. The fraction of sp³-hybridized carbons (Fsp3) is 0.222. The molecule has 0 aliphatic heterocycles. The first kappa shape index (κ1) is 10.4. The molecule has 1 N–H and O–H groups in total. The first-order valence-corrected chi connectivity index (χ1v) is 3.88. The number of anilines is 1. The summed E-state index contributed by atoms with van der Waals surface area (Å²) in [6, 6.07) is 5.77. The number of halogens is 2. The molecule has 14 heavy (non-hydrogen) atoms. The van der Waals surface area contributed by atoms with Gasteiger partial charge in [0.15, 0.2) is 0 Å². The van der Waals surface area contributed by atoms with E-state index >= 15 is 0 Å². The highest BCUT2D eigenvalue weighted by Gasteiger charge is 2.22. The van der Waals surface area contributed by atoms with Crippen molar-refractivity contribution in [3.63, 3.8) is 0 Å². The molecule has 1 rings (SSSR count). The van der Waals surface area contributed by atoms with E-state index in [-0.39, 0.29) is 5.75 Å². The van der Waals surface area contributed by atoms with Crippen molar-refractivity contribution in [1.29, 1.82) is 0 Å². The highest BCUT2D eigenvalue weighted by molar-refractivity contribution is 5.71. The molecule has 0 radical (unpaired) electrons. The smallest absolute Gasteiger partial charge is 0.394 e. The molecule has 5 heteroatoms. The van der Waals surface area contributed by atoms with Crippen molar-refractivity contribution in [1.82, 2.24) is 0 Å². The number of hydrogen-bond acceptors (Lipinski definition) is 2. The van der Waals surface area contributed by atoms with Gasteiger partial charge in [0.25, 0.3) is 0 Å². The van der Waals surface area contributed by atoms with Crippen LogP contribution in [-0.4, -0.2) is 12.5 Å². The summed E-state index contributed by atoms with van der Waals surface area (Å²) in [5.74, 6) is 0.00403. The summed E-state index contributed by atoms with van der Waals surface area (Å²) in [4.78, 5) is 10.1. The highest BCUT2D eigenvalue weighted by Crippen LogP contribution is 2.23. The number of alkyl halides is 2. The summed E-state index contributed by atoms with van der Waals surface area (Å²) in [6.07, 6.45) is -2.76. The van der Waals surface area contributed by atoms with Crippen LogP contribution in [-0.2, 0) is 4.79 Å². The Balaban J connectivity index is 2.78. The van der Waals surface area contributed by atoms with E-state index in [9.17, 15) is 13.6 Å². The Kier molecular flexibility index (Phi) is 3.01. The third kappa shape index (κ3) is 3.38. The lowest BCUT2D eigenvalue weighted by atomic mass is 10.3. The number of amides is 1. The van der Waals surface area contributed by atoms with Gasteiger partial charge in [-0.3, -0.25) is 4.79 Å². The molecular formula is C9H9F2NO2. The van der Waals surface area contributed by atoms with E-state index in [2.05, 4.69) is 10.1 Å². The Morgan fingerprint density at radius 1 is 1.50 bits per heavy atom. The number of rotatable bonds is 4. The van der Waals surface area contributed by atoms with Gasteiger partial charge < -0.3 is 10.1 Å². The van der Waals surface area contributed by atoms with Crippen LogP contribution in [0.1, 0.15) is 6.92 Å². The average Bonchev–Trinajstić information content (AvgIpc) is 2.02. The summed E-state index contributed by atoms with van der Waals surface area (Å²) >= 11 is 0. The van der Waals surface area contributed by atoms with Crippen LogP contribution >= 0.6 is 0 Å². The van der Waals surface area contributed by atoms with Gasteiger partial charge in [0.2, 0.25) is 6.41 Å². The first-order chi connectivity index (χ1) is 6.51. The van der Waals surface area contributed by atoms with Gasteiger partial charge in [-0.15, -0.1) is 0 Å². The molecule has 0 spiro atoms. The van der Waals surface area contributed by atoms with Crippen LogP contribution in [0, 0.1) is 0 Å². The van der Waals surface area contributed by atoms with Crippen molar-refractivity contribution in [3.8, 4) is 5.75 Å². The van der Waals surface area contributed by atoms with E-state index in [1.807, 2.05) is 0 Å². The minimum Gasteiger partial charge on any atom is -0.433 e. The van der Waals surface area contributed by atoms with Gasteiger partial charge in [0.05, 0.1) is 0 Å². The lowest BCUT2D eigenvalue weighted by Gasteiger charge is -2.13. The fourth-order valence-electron chi connectivity index (χ4n) is 0.924. The zero-order valence-electron chi connectivity index (χ0n) is 7.46. The summed E-state index contributed by atoms with van der Waals surface area (Å²) in [6.45, 7) is 0.646. The molecule has 0 saturated heterocycles. The zero-order chi connectivity index (χ0) is 10.6. The van der Waals surface area contributed by atoms with Crippen molar-refractivity contribution in [3.05, 3.63) is 24.3 Å². The summed E-state index contributed by atoms with van der Waals surface area (Å²) in [7, 11) is 0. The molecule has 1 aromatic carbocycles. The molecule has 0 bridgehead atoms. The van der Waals surface area contributed by atoms with E-state index in [4.69, 9.17) is 0 Å². The summed E-state index contributed by atoms with van der Waals surface area (Å²) in [5.41, 5.74) is 0.404. The highest BCUT2D eigenvalue weighted by atomic mass is 19.3. The van der Waals surface area contributed by atoms with Crippen molar-refractivity contribution in [2.24, 2.45) is 0 Å². The van der Waals surface area contributed by atoms with Gasteiger partial charge in [-0.2, -0.15) is 8.78 Å². The molecule has 0 heterocycles. The number of carbonyl (C=O) groups is 1. The first-order valence-electron chi connectivity index (χ1n) is 3.88. The van der Waals surface area contributed by atoms with Crippen molar-refractivity contribution in [2.45, 2.75) is 13.0 Å². The quantitative estimate of drug-likeness (QED) is 0.758. The molecule has 0 aliphatic carbocycles. The van der Waals surface area contributed by atoms with E-state index in [1.165, 1.54) is 18.2 Å². The molecule has 0 fully saturated rings. The van der Waals surface area contributed by atoms with E-state index in [1.54, 1.807) is 6.07 Å². The van der Waals surface area contributed by atoms with Crippen LogP contribution in [0.5, 0.6) is 5.75 Å². The molecule has 0 aliphatic rings. The average molecular weight is 201 g/mol. The largest absolute Gasteiger partial charge is 0.433 e.